The fourth-order valence-electron chi connectivity index (χ4n) is 2.53. The van der Waals surface area contributed by atoms with Crippen LogP contribution >= 0.6 is 0 Å². The summed E-state index contributed by atoms with van der Waals surface area (Å²) in [5.74, 6) is 2.49. The zero-order chi connectivity index (χ0) is 14.7. The SMILES string of the molecule is CCOCc1nc(NC)cc(N2Cc3ccccc3C2)n1. The Kier molecular flexibility index (Phi) is 4.01. The molecule has 2 aromatic rings. The molecule has 0 atom stereocenters. The van der Waals surface area contributed by atoms with Crippen LogP contribution in [0.2, 0.25) is 0 Å². The van der Waals surface area contributed by atoms with E-state index >= 15 is 0 Å². The molecule has 1 aliphatic rings. The number of ether oxygens (including phenoxy) is 1. The third-order valence-corrected chi connectivity index (χ3v) is 3.62. The predicted octanol–water partition coefficient (Wildman–Crippen LogP) is 2.58. The molecule has 0 radical (unpaired) electrons. The third kappa shape index (κ3) is 2.97. The maximum absolute atomic E-state index is 5.43. The lowest BCUT2D eigenvalue weighted by molar-refractivity contribution is 0.128. The molecule has 0 bridgehead atoms. The summed E-state index contributed by atoms with van der Waals surface area (Å²) in [7, 11) is 1.87. The van der Waals surface area contributed by atoms with Crippen molar-refractivity contribution >= 4 is 11.6 Å². The highest BCUT2D eigenvalue weighted by Gasteiger charge is 2.20. The van der Waals surface area contributed by atoms with E-state index in [0.29, 0.717) is 13.2 Å². The number of hydrogen-bond acceptors (Lipinski definition) is 5. The second-order valence-corrected chi connectivity index (χ2v) is 5.04. The van der Waals surface area contributed by atoms with Gasteiger partial charge >= 0.3 is 0 Å². The van der Waals surface area contributed by atoms with Crippen LogP contribution in [0.15, 0.2) is 30.3 Å². The van der Waals surface area contributed by atoms with Gasteiger partial charge in [0.05, 0.1) is 0 Å². The number of benzene rings is 1. The van der Waals surface area contributed by atoms with Gasteiger partial charge in [0.2, 0.25) is 0 Å². The first-order chi connectivity index (χ1) is 10.3. The summed E-state index contributed by atoms with van der Waals surface area (Å²) in [4.78, 5) is 11.3. The molecule has 0 amide bonds. The van der Waals surface area contributed by atoms with Crippen LogP contribution in [0.25, 0.3) is 0 Å². The molecular weight excluding hydrogens is 264 g/mol. The number of anilines is 2. The van der Waals surface area contributed by atoms with Gasteiger partial charge in [-0.2, -0.15) is 0 Å². The third-order valence-electron chi connectivity index (χ3n) is 3.62. The first-order valence-electron chi connectivity index (χ1n) is 7.25. The smallest absolute Gasteiger partial charge is 0.158 e. The minimum atomic E-state index is 0.444. The molecule has 0 saturated carbocycles. The predicted molar refractivity (Wildman–Crippen MR) is 83.2 cm³/mol. The molecular formula is C16H20N4O. The van der Waals surface area contributed by atoms with Crippen molar-refractivity contribution in [3.63, 3.8) is 0 Å². The minimum absolute atomic E-state index is 0.444. The van der Waals surface area contributed by atoms with Crippen molar-refractivity contribution in [1.82, 2.24) is 9.97 Å². The van der Waals surface area contributed by atoms with Gasteiger partial charge in [0, 0.05) is 32.8 Å². The van der Waals surface area contributed by atoms with Crippen molar-refractivity contribution < 1.29 is 4.74 Å². The number of fused-ring (bicyclic) bond motifs is 1. The zero-order valence-electron chi connectivity index (χ0n) is 12.5. The first-order valence-corrected chi connectivity index (χ1v) is 7.25. The monoisotopic (exact) mass is 284 g/mol. The quantitative estimate of drug-likeness (QED) is 0.914. The molecule has 21 heavy (non-hydrogen) atoms. The number of aromatic nitrogens is 2. The number of nitrogens with one attached hydrogen (secondary N) is 1. The van der Waals surface area contributed by atoms with E-state index in [0.717, 1.165) is 30.5 Å². The van der Waals surface area contributed by atoms with E-state index in [1.54, 1.807) is 0 Å². The van der Waals surface area contributed by atoms with Crippen LogP contribution < -0.4 is 10.2 Å². The molecule has 1 N–H and O–H groups in total. The van der Waals surface area contributed by atoms with E-state index in [1.165, 1.54) is 11.1 Å². The summed E-state index contributed by atoms with van der Waals surface area (Å²) in [5.41, 5.74) is 2.74. The van der Waals surface area contributed by atoms with Crippen LogP contribution in [-0.2, 0) is 24.4 Å². The topological polar surface area (TPSA) is 50.3 Å². The molecule has 5 heteroatoms. The van der Waals surface area contributed by atoms with Gasteiger partial charge in [-0.05, 0) is 18.1 Å². The highest BCUT2D eigenvalue weighted by Crippen LogP contribution is 2.27. The Morgan fingerprint density at radius 2 is 1.90 bits per heavy atom. The van der Waals surface area contributed by atoms with Gasteiger partial charge in [0.1, 0.15) is 18.2 Å². The second kappa shape index (κ2) is 6.10. The Morgan fingerprint density at radius 1 is 1.19 bits per heavy atom. The normalized spacial score (nSPS) is 13.3. The number of hydrogen-bond donors (Lipinski definition) is 1. The summed E-state index contributed by atoms with van der Waals surface area (Å²) < 4.78 is 5.43. The van der Waals surface area contributed by atoms with Gasteiger partial charge in [-0.25, -0.2) is 9.97 Å². The lowest BCUT2D eigenvalue weighted by Gasteiger charge is -2.18. The van der Waals surface area contributed by atoms with Gasteiger partial charge in [0.25, 0.3) is 0 Å². The van der Waals surface area contributed by atoms with Crippen molar-refractivity contribution in [3.05, 3.63) is 47.3 Å². The fraction of sp³-hybridized carbons (Fsp3) is 0.375. The standard InChI is InChI=1S/C16H20N4O/c1-3-21-11-15-18-14(17-2)8-16(19-15)20-9-12-6-4-5-7-13(12)10-20/h4-8H,3,9-11H2,1-2H3,(H,17,18,19). The number of rotatable bonds is 5. The minimum Gasteiger partial charge on any atom is -0.374 e. The molecule has 1 aromatic heterocycles. The molecule has 1 aliphatic heterocycles. The lowest BCUT2D eigenvalue weighted by Crippen LogP contribution is -2.18. The molecule has 0 unspecified atom stereocenters. The van der Waals surface area contributed by atoms with Crippen LogP contribution in [0.5, 0.6) is 0 Å². The van der Waals surface area contributed by atoms with Crippen molar-refractivity contribution in [3.8, 4) is 0 Å². The van der Waals surface area contributed by atoms with Crippen LogP contribution in [0, 0.1) is 0 Å². The average Bonchev–Trinajstić information content (AvgIpc) is 2.96. The Morgan fingerprint density at radius 3 is 2.52 bits per heavy atom. The van der Waals surface area contributed by atoms with Gasteiger partial charge in [0.15, 0.2) is 5.82 Å². The molecule has 2 heterocycles. The van der Waals surface area contributed by atoms with E-state index in [9.17, 15) is 0 Å². The van der Waals surface area contributed by atoms with Crippen LogP contribution in [0.3, 0.4) is 0 Å². The van der Waals surface area contributed by atoms with Crippen molar-refractivity contribution in [2.75, 3.05) is 23.9 Å². The molecule has 3 rings (SSSR count). The second-order valence-electron chi connectivity index (χ2n) is 5.04. The van der Waals surface area contributed by atoms with Crippen LogP contribution in [0.4, 0.5) is 11.6 Å². The molecule has 110 valence electrons. The maximum atomic E-state index is 5.43. The summed E-state index contributed by atoms with van der Waals surface area (Å²) in [6.07, 6.45) is 0. The van der Waals surface area contributed by atoms with Gasteiger partial charge in [-0.1, -0.05) is 24.3 Å². The summed E-state index contributed by atoms with van der Waals surface area (Å²) >= 11 is 0. The van der Waals surface area contributed by atoms with Crippen molar-refractivity contribution in [2.45, 2.75) is 26.6 Å². The molecule has 0 aliphatic carbocycles. The van der Waals surface area contributed by atoms with Crippen molar-refractivity contribution in [2.24, 2.45) is 0 Å². The van der Waals surface area contributed by atoms with Crippen LogP contribution in [0.1, 0.15) is 23.9 Å². The van der Waals surface area contributed by atoms with E-state index in [2.05, 4.69) is 44.5 Å². The fourth-order valence-corrected chi connectivity index (χ4v) is 2.53. The molecule has 1 aromatic carbocycles. The van der Waals surface area contributed by atoms with E-state index < -0.39 is 0 Å². The van der Waals surface area contributed by atoms with Crippen molar-refractivity contribution in [1.29, 1.82) is 0 Å². The van der Waals surface area contributed by atoms with Gasteiger partial charge < -0.3 is 15.0 Å². The Labute approximate surface area is 125 Å². The molecule has 0 spiro atoms. The summed E-state index contributed by atoms with van der Waals surface area (Å²) in [5, 5.41) is 3.10. The molecule has 0 fully saturated rings. The average molecular weight is 284 g/mol. The first kappa shape index (κ1) is 13.8. The van der Waals surface area contributed by atoms with Gasteiger partial charge in [-0.3, -0.25) is 0 Å². The highest BCUT2D eigenvalue weighted by molar-refractivity contribution is 5.52. The molecule has 0 saturated heterocycles. The summed E-state index contributed by atoms with van der Waals surface area (Å²) in [6.45, 7) is 4.87. The van der Waals surface area contributed by atoms with E-state index in [-0.39, 0.29) is 0 Å². The van der Waals surface area contributed by atoms with Gasteiger partial charge in [-0.15, -0.1) is 0 Å². The zero-order valence-corrected chi connectivity index (χ0v) is 12.5. The Hall–Kier alpha value is -2.14. The number of nitrogens with zero attached hydrogens (tertiary/aromatic N) is 3. The Balaban J connectivity index is 1.85. The largest absolute Gasteiger partial charge is 0.374 e. The van der Waals surface area contributed by atoms with Crippen LogP contribution in [-0.4, -0.2) is 23.6 Å². The molecule has 5 nitrogen and oxygen atoms in total. The van der Waals surface area contributed by atoms with E-state index in [4.69, 9.17) is 4.74 Å². The Bertz CT molecular complexity index is 604. The van der Waals surface area contributed by atoms with E-state index in [1.807, 2.05) is 20.0 Å². The maximum Gasteiger partial charge on any atom is 0.158 e. The summed E-state index contributed by atoms with van der Waals surface area (Å²) in [6, 6.07) is 10.5. The highest BCUT2D eigenvalue weighted by atomic mass is 16.5. The lowest BCUT2D eigenvalue weighted by atomic mass is 10.1.